The number of unbranched alkanes of at least 4 members (excludes halogenated alkanes) is 7. The highest BCUT2D eigenvalue weighted by Crippen LogP contribution is 2.25. The van der Waals surface area contributed by atoms with Crippen LogP contribution in [0.2, 0.25) is 25.2 Å². The van der Waals surface area contributed by atoms with Crippen molar-refractivity contribution >= 4 is 19.9 Å². The van der Waals surface area contributed by atoms with Crippen molar-refractivity contribution in [1.82, 2.24) is 5.32 Å². The van der Waals surface area contributed by atoms with Gasteiger partial charge in [-0.3, -0.25) is 14.9 Å². The molecule has 0 bridgehead atoms. The van der Waals surface area contributed by atoms with Gasteiger partial charge in [-0.1, -0.05) is 132 Å². The van der Waals surface area contributed by atoms with E-state index in [9.17, 15) is 9.59 Å². The largest absolute Gasteiger partial charge is 0.296 e. The first-order valence-corrected chi connectivity index (χ1v) is 17.2. The molecule has 0 saturated heterocycles. The van der Waals surface area contributed by atoms with Crippen molar-refractivity contribution in [3.05, 3.63) is 59.7 Å². The SMILES string of the molecule is CCCCCCCCCC[Si](C)(C)CCCC(=O)NC(=O)Cc1ccc(-c2ccccc2)c(C)c1. The minimum Gasteiger partial charge on any atom is -0.296 e. The Labute approximate surface area is 215 Å². The molecule has 0 atom stereocenters. The summed E-state index contributed by atoms with van der Waals surface area (Å²) in [5, 5.41) is 2.60. The average Bonchev–Trinajstić information content (AvgIpc) is 2.81. The van der Waals surface area contributed by atoms with Gasteiger partial charge in [0.1, 0.15) is 0 Å². The molecule has 0 aromatic heterocycles. The molecule has 4 heteroatoms. The summed E-state index contributed by atoms with van der Waals surface area (Å²) in [5.74, 6) is -0.346. The molecule has 0 unspecified atom stereocenters. The zero-order valence-electron chi connectivity index (χ0n) is 22.6. The number of rotatable bonds is 16. The maximum absolute atomic E-state index is 12.4. The standard InChI is InChI=1S/C31H47NO2Si/c1-5-6-7-8-9-10-11-15-22-35(3,4)23-16-19-30(33)32-31(34)25-27-20-21-29(26(2)24-27)28-17-13-12-14-18-28/h12-14,17-18,20-21,24H,5-11,15-16,19,22-23,25H2,1-4H3,(H,32,33,34). The van der Waals surface area contributed by atoms with E-state index in [0.29, 0.717) is 6.42 Å². The summed E-state index contributed by atoms with van der Waals surface area (Å²) in [7, 11) is -1.26. The van der Waals surface area contributed by atoms with E-state index in [2.05, 4.69) is 50.5 Å². The lowest BCUT2D eigenvalue weighted by Gasteiger charge is -2.22. The summed E-state index contributed by atoms with van der Waals surface area (Å²) in [5.41, 5.74) is 4.41. The van der Waals surface area contributed by atoms with Gasteiger partial charge < -0.3 is 0 Å². The van der Waals surface area contributed by atoms with Gasteiger partial charge in [-0.2, -0.15) is 0 Å². The van der Waals surface area contributed by atoms with Crippen molar-refractivity contribution < 1.29 is 9.59 Å². The quantitative estimate of drug-likeness (QED) is 0.188. The average molecular weight is 494 g/mol. The molecular formula is C31H47NO2Si. The van der Waals surface area contributed by atoms with Crippen LogP contribution in [0.15, 0.2) is 48.5 Å². The van der Waals surface area contributed by atoms with Gasteiger partial charge in [0, 0.05) is 14.5 Å². The number of benzene rings is 2. The molecule has 0 heterocycles. The number of hydrogen-bond donors (Lipinski definition) is 1. The van der Waals surface area contributed by atoms with Crippen LogP contribution < -0.4 is 5.32 Å². The zero-order valence-corrected chi connectivity index (χ0v) is 23.6. The fourth-order valence-electron chi connectivity index (χ4n) is 4.81. The lowest BCUT2D eigenvalue weighted by molar-refractivity contribution is -0.130. The van der Waals surface area contributed by atoms with Gasteiger partial charge in [-0.25, -0.2) is 0 Å². The summed E-state index contributed by atoms with van der Waals surface area (Å²) in [6, 6.07) is 18.9. The monoisotopic (exact) mass is 493 g/mol. The normalized spacial score (nSPS) is 11.4. The van der Waals surface area contributed by atoms with Crippen molar-refractivity contribution in [3.8, 4) is 11.1 Å². The molecule has 2 aromatic carbocycles. The molecule has 0 radical (unpaired) electrons. The third kappa shape index (κ3) is 11.9. The first-order chi connectivity index (χ1) is 16.8. The van der Waals surface area contributed by atoms with Gasteiger partial charge in [-0.05, 0) is 35.6 Å². The minimum atomic E-state index is -1.26. The zero-order chi connectivity index (χ0) is 25.5. The fraction of sp³-hybridized carbons (Fsp3) is 0.548. The van der Waals surface area contributed by atoms with Crippen LogP contribution in [0.5, 0.6) is 0 Å². The van der Waals surface area contributed by atoms with E-state index in [1.54, 1.807) is 0 Å². The molecular weight excluding hydrogens is 446 g/mol. The van der Waals surface area contributed by atoms with Crippen molar-refractivity contribution in [2.24, 2.45) is 0 Å². The Morgan fingerprint density at radius 1 is 0.771 bits per heavy atom. The van der Waals surface area contributed by atoms with E-state index in [1.807, 2.05) is 30.3 Å². The number of carbonyl (C=O) groups is 2. The van der Waals surface area contributed by atoms with E-state index in [0.717, 1.165) is 23.6 Å². The smallest absolute Gasteiger partial charge is 0.230 e. The van der Waals surface area contributed by atoms with E-state index >= 15 is 0 Å². The highest BCUT2D eigenvalue weighted by atomic mass is 28.3. The van der Waals surface area contributed by atoms with Crippen LogP contribution >= 0.6 is 0 Å². The fourth-order valence-corrected chi connectivity index (χ4v) is 7.41. The van der Waals surface area contributed by atoms with E-state index in [1.165, 1.54) is 68.5 Å². The number of hydrogen-bond acceptors (Lipinski definition) is 2. The molecule has 0 fully saturated rings. The van der Waals surface area contributed by atoms with Gasteiger partial charge in [0.15, 0.2) is 0 Å². The molecule has 0 spiro atoms. The lowest BCUT2D eigenvalue weighted by Crippen LogP contribution is -2.32. The van der Waals surface area contributed by atoms with Crippen LogP contribution in [0.4, 0.5) is 0 Å². The third-order valence-corrected chi connectivity index (χ3v) is 10.4. The van der Waals surface area contributed by atoms with Gasteiger partial charge in [-0.15, -0.1) is 0 Å². The molecule has 1 N–H and O–H groups in total. The van der Waals surface area contributed by atoms with E-state index in [-0.39, 0.29) is 18.2 Å². The van der Waals surface area contributed by atoms with Crippen LogP contribution in [0.25, 0.3) is 11.1 Å². The number of imide groups is 1. The van der Waals surface area contributed by atoms with Gasteiger partial charge in [0.25, 0.3) is 0 Å². The number of carbonyl (C=O) groups excluding carboxylic acids is 2. The molecule has 2 rings (SSSR count). The summed E-state index contributed by atoms with van der Waals surface area (Å²) in [6.07, 6.45) is 12.5. The molecule has 0 aliphatic rings. The summed E-state index contributed by atoms with van der Waals surface area (Å²) in [4.78, 5) is 24.7. The predicted octanol–water partition coefficient (Wildman–Crippen LogP) is 8.48. The molecule has 2 amide bonds. The van der Waals surface area contributed by atoms with Gasteiger partial charge in [0.05, 0.1) is 6.42 Å². The van der Waals surface area contributed by atoms with Crippen LogP contribution in [-0.2, 0) is 16.0 Å². The molecule has 0 saturated carbocycles. The Hall–Kier alpha value is -2.20. The molecule has 0 aliphatic carbocycles. The second-order valence-corrected chi connectivity index (χ2v) is 16.2. The van der Waals surface area contributed by atoms with Crippen molar-refractivity contribution in [1.29, 1.82) is 0 Å². The maximum Gasteiger partial charge on any atom is 0.230 e. The molecule has 35 heavy (non-hydrogen) atoms. The summed E-state index contributed by atoms with van der Waals surface area (Å²) < 4.78 is 0. The van der Waals surface area contributed by atoms with Crippen LogP contribution in [0.3, 0.4) is 0 Å². The Kier molecular flexibility index (Phi) is 13.0. The van der Waals surface area contributed by atoms with Crippen LogP contribution in [0.1, 0.15) is 82.3 Å². The van der Waals surface area contributed by atoms with E-state index < -0.39 is 8.07 Å². The van der Waals surface area contributed by atoms with Crippen LogP contribution in [0, 0.1) is 6.92 Å². The summed E-state index contributed by atoms with van der Waals surface area (Å²) >= 11 is 0. The lowest BCUT2D eigenvalue weighted by atomic mass is 9.97. The van der Waals surface area contributed by atoms with Crippen molar-refractivity contribution in [2.45, 2.75) is 110 Å². The highest BCUT2D eigenvalue weighted by molar-refractivity contribution is 6.77. The first kappa shape index (κ1) is 29.0. The topological polar surface area (TPSA) is 46.2 Å². The Balaban J connectivity index is 1.64. The second-order valence-electron chi connectivity index (χ2n) is 10.9. The van der Waals surface area contributed by atoms with Crippen molar-refractivity contribution in [2.75, 3.05) is 0 Å². The molecule has 3 nitrogen and oxygen atoms in total. The van der Waals surface area contributed by atoms with Crippen molar-refractivity contribution in [3.63, 3.8) is 0 Å². The number of nitrogens with one attached hydrogen (secondary N) is 1. The van der Waals surface area contributed by atoms with Gasteiger partial charge >= 0.3 is 0 Å². The first-order valence-electron chi connectivity index (χ1n) is 13.8. The number of aryl methyl sites for hydroxylation is 1. The Morgan fingerprint density at radius 3 is 2.06 bits per heavy atom. The van der Waals surface area contributed by atoms with Crippen LogP contribution in [-0.4, -0.2) is 19.9 Å². The van der Waals surface area contributed by atoms with E-state index in [4.69, 9.17) is 0 Å². The predicted molar refractivity (Wildman–Crippen MR) is 152 cm³/mol. The second kappa shape index (κ2) is 15.7. The molecule has 192 valence electrons. The Bertz CT molecular complexity index is 907. The molecule has 2 aromatic rings. The highest BCUT2D eigenvalue weighted by Gasteiger charge is 2.20. The maximum atomic E-state index is 12.4. The number of amides is 2. The van der Waals surface area contributed by atoms with Gasteiger partial charge in [0.2, 0.25) is 11.8 Å². The Morgan fingerprint density at radius 2 is 1.40 bits per heavy atom. The third-order valence-electron chi connectivity index (χ3n) is 6.98. The minimum absolute atomic E-state index is 0.135. The summed E-state index contributed by atoms with van der Waals surface area (Å²) in [6.45, 7) is 9.21. The molecule has 0 aliphatic heterocycles.